The van der Waals surface area contributed by atoms with Crippen molar-refractivity contribution in [2.45, 2.75) is 91.4 Å². The second-order valence-corrected chi connectivity index (χ2v) is 7.40. The molecule has 0 saturated heterocycles. The van der Waals surface area contributed by atoms with Crippen LogP contribution in [0.3, 0.4) is 0 Å². The van der Waals surface area contributed by atoms with Crippen LogP contribution >= 0.6 is 0 Å². The van der Waals surface area contributed by atoms with Crippen molar-refractivity contribution in [3.8, 4) is 0 Å². The second kappa shape index (κ2) is 7.70. The molecule has 5 atom stereocenters. The van der Waals surface area contributed by atoms with E-state index in [0.717, 1.165) is 29.6 Å². The molecule has 0 heterocycles. The van der Waals surface area contributed by atoms with Gasteiger partial charge in [-0.05, 0) is 48.9 Å². The van der Waals surface area contributed by atoms with Gasteiger partial charge in [-0.25, -0.2) is 0 Å². The largest absolute Gasteiger partial charge is 0.0654 e. The number of fused-ring (bicyclic) bond motifs is 1. The van der Waals surface area contributed by atoms with Crippen molar-refractivity contribution in [3.63, 3.8) is 0 Å². The van der Waals surface area contributed by atoms with Gasteiger partial charge in [0.1, 0.15) is 0 Å². The average Bonchev–Trinajstić information content (AvgIpc) is 2.42. The Morgan fingerprint density at radius 1 is 0.632 bits per heavy atom. The first-order chi connectivity index (χ1) is 9.31. The molecule has 0 aromatic rings. The van der Waals surface area contributed by atoms with Crippen LogP contribution in [0.25, 0.3) is 0 Å². The average molecular weight is 264 g/mol. The molecule has 2 aliphatic carbocycles. The lowest BCUT2D eigenvalue weighted by molar-refractivity contribution is -0.00411. The third kappa shape index (κ3) is 3.56. The molecule has 0 N–H and O–H groups in total. The van der Waals surface area contributed by atoms with Gasteiger partial charge in [0, 0.05) is 0 Å². The van der Waals surface area contributed by atoms with E-state index in [1.54, 1.807) is 25.7 Å². The van der Waals surface area contributed by atoms with Gasteiger partial charge in [-0.2, -0.15) is 0 Å². The summed E-state index contributed by atoms with van der Waals surface area (Å²) < 4.78 is 0. The Bertz CT molecular complexity index is 234. The molecule has 0 radical (unpaired) electrons. The zero-order valence-corrected chi connectivity index (χ0v) is 13.7. The van der Waals surface area contributed by atoms with E-state index in [1.165, 1.54) is 44.9 Å². The molecule has 2 fully saturated rings. The van der Waals surface area contributed by atoms with Crippen LogP contribution in [-0.4, -0.2) is 0 Å². The second-order valence-electron chi connectivity index (χ2n) is 7.40. The summed E-state index contributed by atoms with van der Waals surface area (Å²) in [4.78, 5) is 0. The van der Waals surface area contributed by atoms with Crippen molar-refractivity contribution in [3.05, 3.63) is 0 Å². The SMILES string of the molecule is CCCC1CCC(CCC)C2C(CCC)CCCC12. The minimum Gasteiger partial charge on any atom is -0.0654 e. The van der Waals surface area contributed by atoms with Crippen LogP contribution in [0.1, 0.15) is 91.4 Å². The van der Waals surface area contributed by atoms with E-state index in [4.69, 9.17) is 0 Å². The van der Waals surface area contributed by atoms with Crippen LogP contribution in [0.5, 0.6) is 0 Å². The van der Waals surface area contributed by atoms with Gasteiger partial charge in [0.25, 0.3) is 0 Å². The molecule has 0 amide bonds. The smallest absolute Gasteiger partial charge is 0.0326 e. The van der Waals surface area contributed by atoms with Crippen LogP contribution in [0.4, 0.5) is 0 Å². The van der Waals surface area contributed by atoms with Crippen molar-refractivity contribution < 1.29 is 0 Å². The van der Waals surface area contributed by atoms with E-state index in [1.807, 2.05) is 0 Å². The summed E-state index contributed by atoms with van der Waals surface area (Å²) in [5.41, 5.74) is 0. The molecule has 5 unspecified atom stereocenters. The van der Waals surface area contributed by atoms with Crippen molar-refractivity contribution >= 4 is 0 Å². The van der Waals surface area contributed by atoms with E-state index in [0.29, 0.717) is 0 Å². The monoisotopic (exact) mass is 264 g/mol. The molecule has 0 aromatic carbocycles. The van der Waals surface area contributed by atoms with Gasteiger partial charge < -0.3 is 0 Å². The van der Waals surface area contributed by atoms with Crippen molar-refractivity contribution in [2.24, 2.45) is 29.6 Å². The Morgan fingerprint density at radius 3 is 1.79 bits per heavy atom. The Labute approximate surface area is 121 Å². The summed E-state index contributed by atoms with van der Waals surface area (Å²) in [7, 11) is 0. The molecule has 0 heteroatoms. The molecule has 0 aromatic heterocycles. The lowest BCUT2D eigenvalue weighted by Gasteiger charge is -2.50. The van der Waals surface area contributed by atoms with Gasteiger partial charge in [-0.1, -0.05) is 72.1 Å². The fourth-order valence-corrected chi connectivity index (χ4v) is 5.61. The van der Waals surface area contributed by atoms with E-state index in [2.05, 4.69) is 20.8 Å². The van der Waals surface area contributed by atoms with Gasteiger partial charge >= 0.3 is 0 Å². The van der Waals surface area contributed by atoms with E-state index in [-0.39, 0.29) is 0 Å². The number of rotatable bonds is 6. The molecular formula is C19H36. The normalized spacial score (nSPS) is 39.0. The molecule has 0 bridgehead atoms. The minimum absolute atomic E-state index is 1.08. The predicted molar refractivity (Wildman–Crippen MR) is 85.3 cm³/mol. The third-order valence-corrected chi connectivity index (χ3v) is 6.19. The van der Waals surface area contributed by atoms with Crippen LogP contribution in [0.2, 0.25) is 0 Å². The third-order valence-electron chi connectivity index (χ3n) is 6.19. The fourth-order valence-electron chi connectivity index (χ4n) is 5.61. The highest BCUT2D eigenvalue weighted by Crippen LogP contribution is 2.52. The quantitative estimate of drug-likeness (QED) is 0.517. The predicted octanol–water partition coefficient (Wildman–Crippen LogP) is 6.45. The molecule has 112 valence electrons. The van der Waals surface area contributed by atoms with Gasteiger partial charge in [0.2, 0.25) is 0 Å². The van der Waals surface area contributed by atoms with Crippen molar-refractivity contribution in [1.82, 2.24) is 0 Å². The van der Waals surface area contributed by atoms with Crippen LogP contribution < -0.4 is 0 Å². The molecule has 2 rings (SSSR count). The topological polar surface area (TPSA) is 0 Å². The van der Waals surface area contributed by atoms with Crippen molar-refractivity contribution in [1.29, 1.82) is 0 Å². The lowest BCUT2D eigenvalue weighted by Crippen LogP contribution is -2.41. The molecule has 0 nitrogen and oxygen atoms in total. The highest BCUT2D eigenvalue weighted by Gasteiger charge is 2.43. The Kier molecular flexibility index (Phi) is 6.23. The summed E-state index contributed by atoms with van der Waals surface area (Å²) in [6, 6.07) is 0. The Balaban J connectivity index is 2.10. The lowest BCUT2D eigenvalue weighted by atomic mass is 9.55. The molecule has 2 aliphatic rings. The molecule has 0 spiro atoms. The highest BCUT2D eigenvalue weighted by molar-refractivity contribution is 4.93. The van der Waals surface area contributed by atoms with Crippen LogP contribution in [-0.2, 0) is 0 Å². The zero-order chi connectivity index (χ0) is 13.7. The maximum absolute atomic E-state index is 2.39. The Morgan fingerprint density at radius 2 is 1.16 bits per heavy atom. The van der Waals surface area contributed by atoms with E-state index < -0.39 is 0 Å². The summed E-state index contributed by atoms with van der Waals surface area (Å²) in [6.45, 7) is 7.18. The van der Waals surface area contributed by atoms with Crippen LogP contribution in [0.15, 0.2) is 0 Å². The maximum atomic E-state index is 2.39. The number of hydrogen-bond acceptors (Lipinski definition) is 0. The standard InChI is InChI=1S/C19H36/c1-4-8-15-13-14-17(10-6-3)19-16(9-5-2)11-7-12-18(15)19/h15-19H,4-14H2,1-3H3. The fraction of sp³-hybridized carbons (Fsp3) is 1.00. The zero-order valence-electron chi connectivity index (χ0n) is 13.7. The maximum Gasteiger partial charge on any atom is -0.0326 e. The van der Waals surface area contributed by atoms with Gasteiger partial charge in [0.15, 0.2) is 0 Å². The van der Waals surface area contributed by atoms with Gasteiger partial charge in [0.05, 0.1) is 0 Å². The molecular weight excluding hydrogens is 228 g/mol. The molecule has 2 saturated carbocycles. The van der Waals surface area contributed by atoms with E-state index >= 15 is 0 Å². The summed E-state index contributed by atoms with van der Waals surface area (Å²) in [5, 5.41) is 0. The first-order valence-electron chi connectivity index (χ1n) is 9.31. The number of hydrogen-bond donors (Lipinski definition) is 0. The minimum atomic E-state index is 1.08. The first-order valence-corrected chi connectivity index (χ1v) is 9.31. The summed E-state index contributed by atoms with van der Waals surface area (Å²) in [6.07, 6.45) is 16.5. The Hall–Kier alpha value is 0. The summed E-state index contributed by atoms with van der Waals surface area (Å²) in [5.74, 6) is 5.47. The van der Waals surface area contributed by atoms with Gasteiger partial charge in [-0.3, -0.25) is 0 Å². The molecule has 19 heavy (non-hydrogen) atoms. The summed E-state index contributed by atoms with van der Waals surface area (Å²) >= 11 is 0. The van der Waals surface area contributed by atoms with E-state index in [9.17, 15) is 0 Å². The molecule has 0 aliphatic heterocycles. The first kappa shape index (κ1) is 15.4. The van der Waals surface area contributed by atoms with Gasteiger partial charge in [-0.15, -0.1) is 0 Å². The van der Waals surface area contributed by atoms with Crippen LogP contribution in [0, 0.1) is 29.6 Å². The van der Waals surface area contributed by atoms with Crippen molar-refractivity contribution in [2.75, 3.05) is 0 Å². The highest BCUT2D eigenvalue weighted by atomic mass is 14.5.